The molecule has 35 heavy (non-hydrogen) atoms. The standard InChI is InChI=1S/C25H21ClN4O5/c1-29-14-13-27-24(29)23(19-5-3-4-6-21(19)34-2)28-25(31)16-7-10-18(11-8-16)35-22-12-9-17(26)15-20(22)30(32)33/h3-15,23H,1-2H3,(H,28,31). The van der Waals surface area contributed by atoms with Crippen LogP contribution < -0.4 is 14.8 Å². The Balaban J connectivity index is 1.57. The van der Waals surface area contributed by atoms with Crippen LogP contribution in [-0.2, 0) is 7.05 Å². The van der Waals surface area contributed by atoms with E-state index < -0.39 is 11.0 Å². The number of carbonyl (C=O) groups excluding carboxylic acids is 1. The highest BCUT2D eigenvalue weighted by Crippen LogP contribution is 2.34. The number of nitro groups is 1. The molecule has 0 aliphatic carbocycles. The first-order valence-corrected chi connectivity index (χ1v) is 10.9. The lowest BCUT2D eigenvalue weighted by Gasteiger charge is -2.21. The summed E-state index contributed by atoms with van der Waals surface area (Å²) in [5.74, 6) is 1.29. The Morgan fingerprint density at radius 2 is 1.86 bits per heavy atom. The van der Waals surface area contributed by atoms with E-state index in [1.165, 1.54) is 18.2 Å². The van der Waals surface area contributed by atoms with Crippen molar-refractivity contribution in [2.75, 3.05) is 7.11 Å². The Labute approximate surface area is 206 Å². The van der Waals surface area contributed by atoms with E-state index in [1.54, 1.807) is 43.8 Å². The summed E-state index contributed by atoms with van der Waals surface area (Å²) in [5, 5.41) is 14.5. The van der Waals surface area contributed by atoms with Crippen LogP contribution in [-0.4, -0.2) is 27.5 Å². The van der Waals surface area contributed by atoms with Crippen LogP contribution in [0.25, 0.3) is 0 Å². The van der Waals surface area contributed by atoms with E-state index in [1.807, 2.05) is 35.9 Å². The van der Waals surface area contributed by atoms with Crippen LogP contribution in [0.3, 0.4) is 0 Å². The molecule has 1 aromatic heterocycles. The number of carbonyl (C=O) groups is 1. The van der Waals surface area contributed by atoms with Gasteiger partial charge in [0.15, 0.2) is 0 Å². The highest BCUT2D eigenvalue weighted by Gasteiger charge is 2.24. The van der Waals surface area contributed by atoms with Gasteiger partial charge in [0.25, 0.3) is 5.91 Å². The zero-order valence-electron chi connectivity index (χ0n) is 18.8. The van der Waals surface area contributed by atoms with Crippen molar-refractivity contribution < 1.29 is 19.2 Å². The molecule has 4 rings (SSSR count). The van der Waals surface area contributed by atoms with E-state index >= 15 is 0 Å². The fourth-order valence-corrected chi connectivity index (χ4v) is 3.74. The second-order valence-electron chi connectivity index (χ2n) is 7.54. The van der Waals surface area contributed by atoms with Crippen molar-refractivity contribution in [1.82, 2.24) is 14.9 Å². The third-order valence-corrected chi connectivity index (χ3v) is 5.54. The number of para-hydroxylation sites is 1. The van der Waals surface area contributed by atoms with E-state index in [0.717, 1.165) is 5.56 Å². The van der Waals surface area contributed by atoms with Gasteiger partial charge in [0, 0.05) is 41.7 Å². The monoisotopic (exact) mass is 492 g/mol. The number of nitrogens with zero attached hydrogens (tertiary/aromatic N) is 3. The number of halogens is 1. The van der Waals surface area contributed by atoms with Crippen LogP contribution in [0.5, 0.6) is 17.2 Å². The molecule has 178 valence electrons. The molecule has 0 aliphatic heterocycles. The maximum absolute atomic E-state index is 13.2. The minimum absolute atomic E-state index is 0.0441. The van der Waals surface area contributed by atoms with Gasteiger partial charge in [0.05, 0.1) is 12.0 Å². The van der Waals surface area contributed by atoms with Gasteiger partial charge in [-0.1, -0.05) is 29.8 Å². The van der Waals surface area contributed by atoms with Gasteiger partial charge < -0.3 is 19.4 Å². The van der Waals surface area contributed by atoms with Crippen molar-refractivity contribution in [3.8, 4) is 17.2 Å². The van der Waals surface area contributed by atoms with Gasteiger partial charge >= 0.3 is 5.69 Å². The molecule has 9 nitrogen and oxygen atoms in total. The smallest absolute Gasteiger partial charge is 0.313 e. The molecule has 0 spiro atoms. The predicted octanol–water partition coefficient (Wildman–Crippen LogP) is 5.30. The fourth-order valence-electron chi connectivity index (χ4n) is 3.58. The molecule has 0 fully saturated rings. The summed E-state index contributed by atoms with van der Waals surface area (Å²) < 4.78 is 13.0. The second kappa shape index (κ2) is 10.3. The van der Waals surface area contributed by atoms with E-state index in [2.05, 4.69) is 10.3 Å². The summed E-state index contributed by atoms with van der Waals surface area (Å²) in [6, 6.07) is 17.2. The summed E-state index contributed by atoms with van der Waals surface area (Å²) in [4.78, 5) is 28.3. The van der Waals surface area contributed by atoms with Crippen molar-refractivity contribution in [2.24, 2.45) is 7.05 Å². The van der Waals surface area contributed by atoms with Gasteiger partial charge in [-0.05, 0) is 42.5 Å². The molecular weight excluding hydrogens is 472 g/mol. The second-order valence-corrected chi connectivity index (χ2v) is 7.98. The molecule has 10 heteroatoms. The number of ether oxygens (including phenoxy) is 2. The first-order chi connectivity index (χ1) is 16.9. The van der Waals surface area contributed by atoms with Crippen LogP contribution in [0, 0.1) is 10.1 Å². The van der Waals surface area contributed by atoms with Gasteiger partial charge in [0.1, 0.15) is 23.4 Å². The van der Waals surface area contributed by atoms with Gasteiger partial charge in [-0.15, -0.1) is 0 Å². The molecule has 0 saturated carbocycles. The number of amides is 1. The zero-order valence-corrected chi connectivity index (χ0v) is 19.6. The maximum atomic E-state index is 13.2. The fraction of sp³-hybridized carbons (Fsp3) is 0.120. The summed E-state index contributed by atoms with van der Waals surface area (Å²) >= 11 is 5.85. The molecule has 1 heterocycles. The van der Waals surface area contributed by atoms with Crippen LogP contribution in [0.4, 0.5) is 5.69 Å². The largest absolute Gasteiger partial charge is 0.496 e. The minimum Gasteiger partial charge on any atom is -0.496 e. The van der Waals surface area contributed by atoms with E-state index in [4.69, 9.17) is 21.1 Å². The minimum atomic E-state index is -0.571. The van der Waals surface area contributed by atoms with E-state index in [-0.39, 0.29) is 22.4 Å². The lowest BCUT2D eigenvalue weighted by atomic mass is 10.0. The van der Waals surface area contributed by atoms with E-state index in [0.29, 0.717) is 22.9 Å². The van der Waals surface area contributed by atoms with Crippen LogP contribution in [0.2, 0.25) is 5.02 Å². The van der Waals surface area contributed by atoms with Crippen molar-refractivity contribution in [3.63, 3.8) is 0 Å². The van der Waals surface area contributed by atoms with Gasteiger partial charge in [-0.25, -0.2) is 4.98 Å². The lowest BCUT2D eigenvalue weighted by Crippen LogP contribution is -2.31. The van der Waals surface area contributed by atoms with Gasteiger partial charge in [-0.3, -0.25) is 14.9 Å². The normalized spacial score (nSPS) is 11.5. The Bertz CT molecular complexity index is 1370. The number of benzene rings is 3. The molecule has 4 aromatic rings. The summed E-state index contributed by atoms with van der Waals surface area (Å²) in [6.45, 7) is 0. The van der Waals surface area contributed by atoms with Crippen LogP contribution in [0.15, 0.2) is 79.1 Å². The van der Waals surface area contributed by atoms with Crippen molar-refractivity contribution in [3.05, 3.63) is 111 Å². The highest BCUT2D eigenvalue weighted by molar-refractivity contribution is 6.30. The zero-order chi connectivity index (χ0) is 24.9. The number of nitrogens with one attached hydrogen (secondary N) is 1. The third-order valence-electron chi connectivity index (χ3n) is 5.30. The van der Waals surface area contributed by atoms with Crippen molar-refractivity contribution in [1.29, 1.82) is 0 Å². The number of hydrogen-bond donors (Lipinski definition) is 1. The molecule has 0 saturated heterocycles. The Kier molecular flexibility index (Phi) is 6.98. The molecule has 0 bridgehead atoms. The molecule has 1 N–H and O–H groups in total. The maximum Gasteiger partial charge on any atom is 0.313 e. The van der Waals surface area contributed by atoms with E-state index in [9.17, 15) is 14.9 Å². The summed E-state index contributed by atoms with van der Waals surface area (Å²) in [5.41, 5.74) is 0.874. The number of nitro benzene ring substituents is 1. The Morgan fingerprint density at radius 3 is 2.51 bits per heavy atom. The number of methoxy groups -OCH3 is 1. The lowest BCUT2D eigenvalue weighted by molar-refractivity contribution is -0.385. The Morgan fingerprint density at radius 1 is 1.11 bits per heavy atom. The molecule has 1 atom stereocenters. The quantitative estimate of drug-likeness (QED) is 0.264. The number of imidazole rings is 1. The van der Waals surface area contributed by atoms with Gasteiger partial charge in [0.2, 0.25) is 5.75 Å². The number of rotatable bonds is 8. The Hall–Kier alpha value is -4.37. The number of aromatic nitrogens is 2. The topological polar surface area (TPSA) is 109 Å². The molecular formula is C25H21ClN4O5. The molecule has 1 unspecified atom stereocenters. The summed E-state index contributed by atoms with van der Waals surface area (Å²) in [6.07, 6.45) is 3.46. The van der Waals surface area contributed by atoms with Crippen LogP contribution in [0.1, 0.15) is 27.8 Å². The first-order valence-electron chi connectivity index (χ1n) is 10.5. The first kappa shape index (κ1) is 23.8. The molecule has 1 amide bonds. The average molecular weight is 493 g/mol. The van der Waals surface area contributed by atoms with Crippen molar-refractivity contribution in [2.45, 2.75) is 6.04 Å². The SMILES string of the molecule is COc1ccccc1C(NC(=O)c1ccc(Oc2ccc(Cl)cc2[N+](=O)[O-])cc1)c1nccn1C. The molecule has 3 aromatic carbocycles. The molecule has 0 radical (unpaired) electrons. The highest BCUT2D eigenvalue weighted by atomic mass is 35.5. The number of hydrogen-bond acceptors (Lipinski definition) is 6. The van der Waals surface area contributed by atoms with Crippen LogP contribution >= 0.6 is 11.6 Å². The number of aryl methyl sites for hydroxylation is 1. The van der Waals surface area contributed by atoms with Gasteiger partial charge in [-0.2, -0.15) is 0 Å². The third kappa shape index (κ3) is 5.25. The average Bonchev–Trinajstić information content (AvgIpc) is 3.29. The predicted molar refractivity (Wildman–Crippen MR) is 130 cm³/mol. The van der Waals surface area contributed by atoms with Crippen molar-refractivity contribution >= 4 is 23.2 Å². The summed E-state index contributed by atoms with van der Waals surface area (Å²) in [7, 11) is 3.42. The molecule has 0 aliphatic rings.